The number of urea groups is 1. The normalized spacial score (nSPS) is 9.88. The lowest BCUT2D eigenvalue weighted by Crippen LogP contribution is -2.33. The molecule has 2 amide bonds. The fraction of sp³-hybridized carbons (Fsp3) is 0.150. The summed E-state index contributed by atoms with van der Waals surface area (Å²) in [5.74, 6) is 6.23. The highest BCUT2D eigenvalue weighted by molar-refractivity contribution is 5.89. The van der Waals surface area contributed by atoms with Gasteiger partial charge in [0.05, 0.1) is 0 Å². The van der Waals surface area contributed by atoms with Crippen LogP contribution >= 0.6 is 0 Å². The molecule has 1 heterocycles. The first-order valence-corrected chi connectivity index (χ1v) is 8.22. The molecule has 1 N–H and O–H groups in total. The average molecular weight is 345 g/mol. The molecule has 0 saturated carbocycles. The van der Waals surface area contributed by atoms with Gasteiger partial charge in [-0.25, -0.2) is 4.79 Å². The Morgan fingerprint density at radius 1 is 1.04 bits per heavy atom. The number of hydrogen-bond acceptors (Lipinski definition) is 3. The largest absolute Gasteiger partial charge is 0.326 e. The number of anilines is 1. The van der Waals surface area contributed by atoms with Gasteiger partial charge in [0.1, 0.15) is 12.7 Å². The molecular weight excluding hydrogens is 326 g/mol. The standard InChI is InChI=1S/C20H19N5O/c1-24(12-13-25-15-21-22-16-25)20(26)23-19-9-5-8-18(14-19)11-10-17-6-3-2-4-7-17/h2-9,14-16H,12-13H2,1H3,(H,23,26). The van der Waals surface area contributed by atoms with Crippen molar-refractivity contribution in [3.8, 4) is 11.8 Å². The first kappa shape index (κ1) is 17.2. The van der Waals surface area contributed by atoms with Crippen molar-refractivity contribution >= 4 is 11.7 Å². The maximum absolute atomic E-state index is 12.3. The lowest BCUT2D eigenvalue weighted by Gasteiger charge is -2.18. The summed E-state index contributed by atoms with van der Waals surface area (Å²) < 4.78 is 1.82. The molecule has 0 radical (unpaired) electrons. The van der Waals surface area contributed by atoms with E-state index in [0.29, 0.717) is 18.8 Å². The van der Waals surface area contributed by atoms with Crippen molar-refractivity contribution in [2.24, 2.45) is 0 Å². The molecule has 0 aliphatic heterocycles. The van der Waals surface area contributed by atoms with Crippen LogP contribution < -0.4 is 5.32 Å². The number of nitrogens with one attached hydrogen (secondary N) is 1. The van der Waals surface area contributed by atoms with Gasteiger partial charge in [0.25, 0.3) is 0 Å². The van der Waals surface area contributed by atoms with E-state index in [2.05, 4.69) is 27.4 Å². The summed E-state index contributed by atoms with van der Waals surface area (Å²) in [6.45, 7) is 1.19. The fourth-order valence-electron chi connectivity index (χ4n) is 2.26. The van der Waals surface area contributed by atoms with E-state index in [1.165, 1.54) is 0 Å². The van der Waals surface area contributed by atoms with E-state index in [9.17, 15) is 4.79 Å². The predicted molar refractivity (Wildman–Crippen MR) is 101 cm³/mol. The zero-order valence-corrected chi connectivity index (χ0v) is 14.5. The second kappa shape index (κ2) is 8.49. The zero-order valence-electron chi connectivity index (χ0n) is 14.5. The summed E-state index contributed by atoms with van der Waals surface area (Å²) in [7, 11) is 1.75. The molecule has 0 fully saturated rings. The van der Waals surface area contributed by atoms with Gasteiger partial charge in [-0.1, -0.05) is 36.1 Å². The van der Waals surface area contributed by atoms with Gasteiger partial charge >= 0.3 is 6.03 Å². The van der Waals surface area contributed by atoms with Crippen LogP contribution in [-0.2, 0) is 6.54 Å². The first-order valence-electron chi connectivity index (χ1n) is 8.22. The molecule has 3 aromatic rings. The van der Waals surface area contributed by atoms with Crippen LogP contribution in [0, 0.1) is 11.8 Å². The third kappa shape index (κ3) is 4.95. The number of amides is 2. The van der Waals surface area contributed by atoms with Gasteiger partial charge in [0.15, 0.2) is 0 Å². The highest BCUT2D eigenvalue weighted by Gasteiger charge is 2.08. The van der Waals surface area contributed by atoms with E-state index < -0.39 is 0 Å². The summed E-state index contributed by atoms with van der Waals surface area (Å²) in [4.78, 5) is 13.9. The van der Waals surface area contributed by atoms with Crippen molar-refractivity contribution in [1.29, 1.82) is 0 Å². The van der Waals surface area contributed by atoms with Gasteiger partial charge in [0, 0.05) is 37.0 Å². The third-order valence-electron chi connectivity index (χ3n) is 3.75. The minimum Gasteiger partial charge on any atom is -0.326 e. The van der Waals surface area contributed by atoms with Crippen LogP contribution in [0.25, 0.3) is 0 Å². The van der Waals surface area contributed by atoms with Gasteiger partial charge in [-0.2, -0.15) is 0 Å². The molecule has 3 rings (SSSR count). The molecule has 2 aromatic carbocycles. The van der Waals surface area contributed by atoms with E-state index in [-0.39, 0.29) is 6.03 Å². The first-order chi connectivity index (χ1) is 12.7. The molecular formula is C20H19N5O. The highest BCUT2D eigenvalue weighted by atomic mass is 16.2. The number of carbonyl (C=O) groups is 1. The number of nitrogens with zero attached hydrogens (tertiary/aromatic N) is 4. The number of rotatable bonds is 4. The van der Waals surface area contributed by atoms with Crippen molar-refractivity contribution in [1.82, 2.24) is 19.7 Å². The van der Waals surface area contributed by atoms with Crippen LogP contribution in [0.4, 0.5) is 10.5 Å². The van der Waals surface area contributed by atoms with Gasteiger partial charge in [-0.15, -0.1) is 10.2 Å². The van der Waals surface area contributed by atoms with Crippen LogP contribution in [0.3, 0.4) is 0 Å². The Kier molecular flexibility index (Phi) is 5.63. The Bertz CT molecular complexity index is 910. The van der Waals surface area contributed by atoms with E-state index in [0.717, 1.165) is 11.1 Å². The summed E-state index contributed by atoms with van der Waals surface area (Å²) in [6, 6.07) is 17.1. The minimum absolute atomic E-state index is 0.175. The topological polar surface area (TPSA) is 63.1 Å². The van der Waals surface area contributed by atoms with Gasteiger partial charge in [0.2, 0.25) is 0 Å². The Morgan fingerprint density at radius 3 is 2.50 bits per heavy atom. The minimum atomic E-state index is -0.175. The van der Waals surface area contributed by atoms with Crippen LogP contribution in [0.5, 0.6) is 0 Å². The fourth-order valence-corrected chi connectivity index (χ4v) is 2.26. The second-order valence-electron chi connectivity index (χ2n) is 5.75. The van der Waals surface area contributed by atoms with Gasteiger partial charge < -0.3 is 14.8 Å². The molecule has 0 spiro atoms. The molecule has 26 heavy (non-hydrogen) atoms. The predicted octanol–water partition coefficient (Wildman–Crippen LogP) is 2.84. The Labute approximate surface area is 152 Å². The van der Waals surface area contributed by atoms with Crippen molar-refractivity contribution in [2.45, 2.75) is 6.54 Å². The molecule has 0 unspecified atom stereocenters. The molecule has 0 aliphatic rings. The average Bonchev–Trinajstić information content (AvgIpc) is 3.19. The van der Waals surface area contributed by atoms with E-state index in [1.54, 1.807) is 24.6 Å². The Morgan fingerprint density at radius 2 is 1.73 bits per heavy atom. The number of likely N-dealkylation sites (N-methyl/N-ethyl adjacent to an activating group) is 1. The lowest BCUT2D eigenvalue weighted by atomic mass is 10.1. The number of hydrogen-bond donors (Lipinski definition) is 1. The monoisotopic (exact) mass is 345 g/mol. The molecule has 6 nitrogen and oxygen atoms in total. The third-order valence-corrected chi connectivity index (χ3v) is 3.75. The zero-order chi connectivity index (χ0) is 18.2. The SMILES string of the molecule is CN(CCn1cnnc1)C(=O)Nc1cccc(C#Cc2ccccc2)c1. The smallest absolute Gasteiger partial charge is 0.321 e. The summed E-state index contributed by atoms with van der Waals surface area (Å²) in [5.41, 5.74) is 2.51. The molecule has 6 heteroatoms. The number of benzene rings is 2. The molecule has 0 aliphatic carbocycles. The second-order valence-corrected chi connectivity index (χ2v) is 5.75. The van der Waals surface area contributed by atoms with Crippen molar-refractivity contribution in [3.05, 3.63) is 78.4 Å². The summed E-state index contributed by atoms with van der Waals surface area (Å²) in [5, 5.41) is 10.4. The quantitative estimate of drug-likeness (QED) is 0.740. The number of carbonyl (C=O) groups excluding carboxylic acids is 1. The maximum Gasteiger partial charge on any atom is 0.321 e. The molecule has 0 saturated heterocycles. The Hall–Kier alpha value is -3.59. The number of aromatic nitrogens is 3. The lowest BCUT2D eigenvalue weighted by molar-refractivity contribution is 0.220. The van der Waals surface area contributed by atoms with Crippen LogP contribution in [0.1, 0.15) is 11.1 Å². The van der Waals surface area contributed by atoms with E-state index >= 15 is 0 Å². The maximum atomic E-state index is 12.3. The summed E-state index contributed by atoms with van der Waals surface area (Å²) in [6.07, 6.45) is 3.25. The van der Waals surface area contributed by atoms with E-state index in [4.69, 9.17) is 0 Å². The molecule has 130 valence electrons. The molecule has 0 atom stereocenters. The van der Waals surface area contributed by atoms with Gasteiger partial charge in [-0.3, -0.25) is 0 Å². The van der Waals surface area contributed by atoms with Crippen molar-refractivity contribution in [3.63, 3.8) is 0 Å². The highest BCUT2D eigenvalue weighted by Crippen LogP contribution is 2.11. The van der Waals surface area contributed by atoms with Crippen molar-refractivity contribution in [2.75, 3.05) is 18.9 Å². The van der Waals surface area contributed by atoms with Gasteiger partial charge in [-0.05, 0) is 30.3 Å². The molecule has 0 bridgehead atoms. The van der Waals surface area contributed by atoms with E-state index in [1.807, 2.05) is 59.2 Å². The summed E-state index contributed by atoms with van der Waals surface area (Å²) >= 11 is 0. The molecule has 1 aromatic heterocycles. The van der Waals surface area contributed by atoms with Crippen LogP contribution in [0.15, 0.2) is 67.3 Å². The Balaban J connectivity index is 1.59. The van der Waals surface area contributed by atoms with Crippen LogP contribution in [0.2, 0.25) is 0 Å². The van der Waals surface area contributed by atoms with Crippen LogP contribution in [-0.4, -0.2) is 39.3 Å². The van der Waals surface area contributed by atoms with Crippen molar-refractivity contribution < 1.29 is 4.79 Å².